The second-order valence-corrected chi connectivity index (χ2v) is 7.79. The molecule has 148 valence electrons. The van der Waals surface area contributed by atoms with E-state index >= 15 is 0 Å². The van der Waals surface area contributed by atoms with Gasteiger partial charge in [-0.1, -0.05) is 38.8 Å². The third kappa shape index (κ3) is 6.57. The number of ether oxygens (including phenoxy) is 1. The quantitative estimate of drug-likeness (QED) is 0.617. The highest BCUT2D eigenvalue weighted by Gasteiger charge is 2.29. The summed E-state index contributed by atoms with van der Waals surface area (Å²) in [6, 6.07) is 7.47. The average molecular weight is 393 g/mol. The van der Waals surface area contributed by atoms with Gasteiger partial charge in [-0.05, 0) is 25.0 Å². The molecule has 1 aliphatic heterocycles. The highest BCUT2D eigenvalue weighted by molar-refractivity contribution is 8.01. The number of nitrogens with zero attached hydrogens (tertiary/aromatic N) is 1. The van der Waals surface area contributed by atoms with E-state index in [0.717, 1.165) is 36.3 Å². The Balaban J connectivity index is 1.82. The van der Waals surface area contributed by atoms with Crippen molar-refractivity contribution in [2.45, 2.75) is 56.1 Å². The maximum absolute atomic E-state index is 12.3. The molecule has 0 fully saturated rings. The Bertz CT molecular complexity index is 657. The van der Waals surface area contributed by atoms with Crippen LogP contribution in [0.1, 0.15) is 46.0 Å². The van der Waals surface area contributed by atoms with Crippen LogP contribution in [0.3, 0.4) is 0 Å². The first-order chi connectivity index (χ1) is 13.0. The van der Waals surface area contributed by atoms with Gasteiger partial charge in [0.1, 0.15) is 0 Å². The first-order valence-corrected chi connectivity index (χ1v) is 10.4. The summed E-state index contributed by atoms with van der Waals surface area (Å²) in [5.74, 6) is -0.910. The molecule has 27 heavy (non-hydrogen) atoms. The summed E-state index contributed by atoms with van der Waals surface area (Å²) in [7, 11) is 0. The number of anilines is 1. The highest BCUT2D eigenvalue weighted by atomic mass is 32.2. The van der Waals surface area contributed by atoms with Crippen LogP contribution in [0.2, 0.25) is 0 Å². The SMILES string of the molecule is CCCCN(CCCC)C(=O)COC(=O)C[C@H]1Sc2ccccc2NC1=O. The van der Waals surface area contributed by atoms with E-state index in [1.165, 1.54) is 11.8 Å². The molecule has 1 heterocycles. The lowest BCUT2D eigenvalue weighted by Gasteiger charge is -2.24. The fourth-order valence-electron chi connectivity index (χ4n) is 2.73. The maximum Gasteiger partial charge on any atom is 0.307 e. The molecule has 0 saturated heterocycles. The van der Waals surface area contributed by atoms with Crippen LogP contribution in [0.15, 0.2) is 29.2 Å². The zero-order valence-corrected chi connectivity index (χ0v) is 16.8. The summed E-state index contributed by atoms with van der Waals surface area (Å²) < 4.78 is 5.16. The number of nitrogens with one attached hydrogen (secondary N) is 1. The number of rotatable bonds is 10. The molecule has 1 aromatic rings. The topological polar surface area (TPSA) is 75.7 Å². The molecule has 1 atom stereocenters. The van der Waals surface area contributed by atoms with Crippen LogP contribution in [0.4, 0.5) is 5.69 Å². The summed E-state index contributed by atoms with van der Waals surface area (Å²) in [5, 5.41) is 2.26. The van der Waals surface area contributed by atoms with Crippen molar-refractivity contribution in [2.75, 3.05) is 25.0 Å². The molecule has 0 spiro atoms. The molecule has 1 N–H and O–H groups in total. The number of benzene rings is 1. The molecule has 0 saturated carbocycles. The van der Waals surface area contributed by atoms with Gasteiger partial charge < -0.3 is 15.0 Å². The minimum absolute atomic E-state index is 0.0535. The molecule has 2 rings (SSSR count). The second-order valence-electron chi connectivity index (χ2n) is 6.54. The molecule has 0 aromatic heterocycles. The Morgan fingerprint density at radius 2 is 1.81 bits per heavy atom. The van der Waals surface area contributed by atoms with Gasteiger partial charge in [0.25, 0.3) is 5.91 Å². The first-order valence-electron chi connectivity index (χ1n) is 9.55. The van der Waals surface area contributed by atoms with E-state index in [9.17, 15) is 14.4 Å². The van der Waals surface area contributed by atoms with Crippen LogP contribution in [0.25, 0.3) is 0 Å². The second kappa shape index (κ2) is 11.0. The molecule has 2 amide bonds. The fraction of sp³-hybridized carbons (Fsp3) is 0.550. The van der Waals surface area contributed by atoms with Crippen LogP contribution in [-0.4, -0.2) is 47.6 Å². The molecule has 0 radical (unpaired) electrons. The van der Waals surface area contributed by atoms with Crippen molar-refractivity contribution < 1.29 is 19.1 Å². The molecule has 0 aliphatic carbocycles. The van der Waals surface area contributed by atoms with Crippen molar-refractivity contribution in [3.63, 3.8) is 0 Å². The number of para-hydroxylation sites is 1. The number of carbonyl (C=O) groups is 3. The Kier molecular flexibility index (Phi) is 8.64. The number of carbonyl (C=O) groups excluding carboxylic acids is 3. The van der Waals surface area contributed by atoms with E-state index in [1.54, 1.807) is 4.90 Å². The van der Waals surface area contributed by atoms with Gasteiger partial charge in [-0.3, -0.25) is 14.4 Å². The van der Waals surface area contributed by atoms with Gasteiger partial charge in [0.05, 0.1) is 17.4 Å². The van der Waals surface area contributed by atoms with Gasteiger partial charge >= 0.3 is 5.97 Å². The predicted octanol–water partition coefficient (Wildman–Crippen LogP) is 3.46. The largest absolute Gasteiger partial charge is 0.456 e. The number of fused-ring (bicyclic) bond motifs is 1. The van der Waals surface area contributed by atoms with E-state index in [2.05, 4.69) is 19.2 Å². The van der Waals surface area contributed by atoms with Crippen molar-refractivity contribution in [1.29, 1.82) is 0 Å². The molecule has 6 nitrogen and oxygen atoms in total. The van der Waals surface area contributed by atoms with Crippen molar-refractivity contribution in [3.05, 3.63) is 24.3 Å². The minimum atomic E-state index is -0.543. The van der Waals surface area contributed by atoms with E-state index < -0.39 is 11.2 Å². The number of hydrogen-bond donors (Lipinski definition) is 1. The van der Waals surface area contributed by atoms with Crippen LogP contribution in [-0.2, 0) is 19.1 Å². The highest BCUT2D eigenvalue weighted by Crippen LogP contribution is 2.36. The molecule has 1 aromatic carbocycles. The number of hydrogen-bond acceptors (Lipinski definition) is 5. The Labute approximate surface area is 165 Å². The standard InChI is InChI=1S/C20H28N2O4S/c1-3-5-11-22(12-6-4-2)18(23)14-26-19(24)13-17-20(25)21-15-9-7-8-10-16(15)27-17/h7-10,17H,3-6,11-14H2,1-2H3,(H,21,25)/t17-/m1/s1. The van der Waals surface area contributed by atoms with E-state index in [1.807, 2.05) is 24.3 Å². The lowest BCUT2D eigenvalue weighted by Crippen LogP contribution is -2.37. The smallest absolute Gasteiger partial charge is 0.307 e. The van der Waals surface area contributed by atoms with Crippen molar-refractivity contribution in [2.24, 2.45) is 0 Å². The minimum Gasteiger partial charge on any atom is -0.456 e. The number of unbranched alkanes of at least 4 members (excludes halogenated alkanes) is 2. The molecule has 7 heteroatoms. The summed E-state index contributed by atoms with van der Waals surface area (Å²) in [5.41, 5.74) is 0.759. The van der Waals surface area contributed by atoms with E-state index in [-0.39, 0.29) is 24.8 Å². The van der Waals surface area contributed by atoms with Crippen LogP contribution < -0.4 is 5.32 Å². The Morgan fingerprint density at radius 1 is 1.15 bits per heavy atom. The lowest BCUT2D eigenvalue weighted by molar-refractivity contribution is -0.152. The summed E-state index contributed by atoms with van der Waals surface area (Å²) >= 11 is 1.35. The molecular weight excluding hydrogens is 364 g/mol. The van der Waals surface area contributed by atoms with Crippen molar-refractivity contribution in [3.8, 4) is 0 Å². The van der Waals surface area contributed by atoms with Crippen molar-refractivity contribution in [1.82, 2.24) is 4.90 Å². The molecule has 1 aliphatic rings. The lowest BCUT2D eigenvalue weighted by atomic mass is 10.2. The normalized spacial score (nSPS) is 15.6. The average Bonchev–Trinajstić information content (AvgIpc) is 2.67. The summed E-state index contributed by atoms with van der Waals surface area (Å²) in [4.78, 5) is 39.3. The Morgan fingerprint density at radius 3 is 2.48 bits per heavy atom. The summed E-state index contributed by atoms with van der Waals surface area (Å²) in [6.07, 6.45) is 3.82. The number of esters is 1. The zero-order chi connectivity index (χ0) is 19.6. The van der Waals surface area contributed by atoms with Gasteiger partial charge in [0.15, 0.2) is 6.61 Å². The van der Waals surface area contributed by atoms with Gasteiger partial charge in [-0.2, -0.15) is 0 Å². The zero-order valence-electron chi connectivity index (χ0n) is 16.0. The van der Waals surface area contributed by atoms with Crippen LogP contribution >= 0.6 is 11.8 Å². The molecule has 0 unspecified atom stereocenters. The van der Waals surface area contributed by atoms with Crippen LogP contribution in [0, 0.1) is 0 Å². The molecule has 0 bridgehead atoms. The first kappa shape index (κ1) is 21.3. The third-order valence-corrected chi connectivity index (χ3v) is 5.61. The third-order valence-electron chi connectivity index (χ3n) is 4.33. The van der Waals surface area contributed by atoms with E-state index in [0.29, 0.717) is 13.1 Å². The number of thioether (sulfide) groups is 1. The fourth-order valence-corrected chi connectivity index (χ4v) is 3.83. The predicted molar refractivity (Wildman–Crippen MR) is 107 cm³/mol. The van der Waals surface area contributed by atoms with E-state index in [4.69, 9.17) is 4.74 Å². The maximum atomic E-state index is 12.3. The molecular formula is C20H28N2O4S. The monoisotopic (exact) mass is 392 g/mol. The van der Waals surface area contributed by atoms with Gasteiger partial charge in [-0.15, -0.1) is 11.8 Å². The van der Waals surface area contributed by atoms with Gasteiger partial charge in [0.2, 0.25) is 5.91 Å². The van der Waals surface area contributed by atoms with Gasteiger partial charge in [0, 0.05) is 18.0 Å². The number of amides is 2. The van der Waals surface area contributed by atoms with Crippen LogP contribution in [0.5, 0.6) is 0 Å². The van der Waals surface area contributed by atoms with Crippen molar-refractivity contribution >= 4 is 35.2 Å². The van der Waals surface area contributed by atoms with Gasteiger partial charge in [-0.25, -0.2) is 0 Å². The summed E-state index contributed by atoms with van der Waals surface area (Å²) in [6.45, 7) is 5.26. The Hall–Kier alpha value is -2.02.